The van der Waals surface area contributed by atoms with Gasteiger partial charge in [-0.25, -0.2) is 0 Å². The zero-order valence-electron chi connectivity index (χ0n) is 19.5. The van der Waals surface area contributed by atoms with E-state index in [0.29, 0.717) is 46.2 Å². The van der Waals surface area contributed by atoms with Crippen molar-refractivity contribution in [3.8, 4) is 11.5 Å². The number of amides is 1. The largest absolute Gasteiger partial charge is 0.454 e. The van der Waals surface area contributed by atoms with Gasteiger partial charge in [0.05, 0.1) is 0 Å². The Morgan fingerprint density at radius 2 is 1.89 bits per heavy atom. The number of carbonyl (C=O) groups is 2. The summed E-state index contributed by atoms with van der Waals surface area (Å²) in [6.45, 7) is 2.04. The summed E-state index contributed by atoms with van der Waals surface area (Å²) in [6, 6.07) is 16.7. The summed E-state index contributed by atoms with van der Waals surface area (Å²) in [5.74, 6) is 0.641. The summed E-state index contributed by atoms with van der Waals surface area (Å²) in [5.41, 5.74) is 4.20. The van der Waals surface area contributed by atoms with Gasteiger partial charge in [-0.05, 0) is 66.8 Å². The third kappa shape index (κ3) is 4.08. The maximum absolute atomic E-state index is 13.7. The van der Waals surface area contributed by atoms with E-state index in [2.05, 4.69) is 16.7 Å². The summed E-state index contributed by atoms with van der Waals surface area (Å²) in [6.07, 6.45) is 1.12. The van der Waals surface area contributed by atoms with Crippen LogP contribution in [0, 0.1) is 0 Å². The van der Waals surface area contributed by atoms with Crippen LogP contribution >= 0.6 is 22.9 Å². The minimum Gasteiger partial charge on any atom is -0.454 e. The summed E-state index contributed by atoms with van der Waals surface area (Å²) in [5, 5.41) is 9.03. The molecule has 0 bridgehead atoms. The first-order chi connectivity index (χ1) is 17.5. The van der Waals surface area contributed by atoms with Crippen molar-refractivity contribution in [1.82, 2.24) is 5.32 Å². The SMILES string of the molecule is CC1=C(C(=O)Nc2ccc(Cl)cc2)[C@H](c2ccc3c(c2)OCO3)C2=C(C[C@@H](c3cccs3)CC2=O)N1. The number of carbonyl (C=O) groups excluding carboxylic acids is 2. The lowest BCUT2D eigenvalue weighted by Gasteiger charge is -2.36. The Balaban J connectivity index is 1.42. The van der Waals surface area contributed by atoms with E-state index >= 15 is 0 Å². The van der Waals surface area contributed by atoms with Crippen LogP contribution in [-0.2, 0) is 9.59 Å². The van der Waals surface area contributed by atoms with Gasteiger partial charge in [0.2, 0.25) is 6.79 Å². The minimum absolute atomic E-state index is 0.0501. The molecule has 36 heavy (non-hydrogen) atoms. The lowest BCUT2D eigenvalue weighted by atomic mass is 9.72. The number of Topliss-reactive ketones (excluding diaryl/α,β-unsaturated/α-hetero) is 1. The number of thiophene rings is 1. The van der Waals surface area contributed by atoms with E-state index in [4.69, 9.17) is 21.1 Å². The Labute approximate surface area is 217 Å². The molecule has 2 N–H and O–H groups in total. The molecule has 3 aromatic rings. The molecule has 2 atom stereocenters. The highest BCUT2D eigenvalue weighted by Crippen LogP contribution is 2.47. The Morgan fingerprint density at radius 1 is 1.08 bits per heavy atom. The molecule has 6 rings (SSSR count). The first kappa shape index (κ1) is 22.9. The molecule has 3 aliphatic rings. The molecular formula is C28H23ClN2O4S. The van der Waals surface area contributed by atoms with Crippen molar-refractivity contribution < 1.29 is 19.1 Å². The lowest BCUT2D eigenvalue weighted by molar-refractivity contribution is -0.116. The molecule has 3 heterocycles. The predicted octanol–water partition coefficient (Wildman–Crippen LogP) is 6.13. The van der Waals surface area contributed by atoms with Crippen molar-refractivity contribution in [1.29, 1.82) is 0 Å². The number of rotatable bonds is 4. The van der Waals surface area contributed by atoms with Gasteiger partial charge in [0.1, 0.15) is 0 Å². The van der Waals surface area contributed by atoms with Crippen molar-refractivity contribution in [3.05, 3.63) is 98.0 Å². The van der Waals surface area contributed by atoms with Gasteiger partial charge in [-0.3, -0.25) is 9.59 Å². The second-order valence-corrected chi connectivity index (χ2v) is 10.5. The van der Waals surface area contributed by atoms with E-state index in [-0.39, 0.29) is 24.4 Å². The van der Waals surface area contributed by atoms with Gasteiger partial charge in [-0.1, -0.05) is 23.7 Å². The number of dihydropyridines is 1. The Bertz CT molecular complexity index is 1430. The van der Waals surface area contributed by atoms with Gasteiger partial charge >= 0.3 is 0 Å². The van der Waals surface area contributed by atoms with Gasteiger partial charge < -0.3 is 20.1 Å². The van der Waals surface area contributed by atoms with Crippen molar-refractivity contribution in [2.24, 2.45) is 0 Å². The highest BCUT2D eigenvalue weighted by Gasteiger charge is 2.41. The predicted molar refractivity (Wildman–Crippen MR) is 140 cm³/mol. The van der Waals surface area contributed by atoms with Gasteiger partial charge in [0.25, 0.3) is 5.91 Å². The number of fused-ring (bicyclic) bond motifs is 1. The molecule has 0 spiro atoms. The van der Waals surface area contributed by atoms with E-state index < -0.39 is 5.92 Å². The molecule has 0 unspecified atom stereocenters. The maximum Gasteiger partial charge on any atom is 0.254 e. The van der Waals surface area contributed by atoms with Crippen LogP contribution in [0.3, 0.4) is 0 Å². The number of hydrogen-bond donors (Lipinski definition) is 2. The standard InChI is InChI=1S/C28H23ClN2O4S/c1-15-25(28(33)31-19-7-5-18(29)6-8-19)26(16-4-9-22-23(13-16)35-14-34-22)27-20(30-15)11-17(12-21(27)32)24-3-2-10-36-24/h2-10,13,17,26,30H,11-12,14H2,1H3,(H,31,33)/t17-,26+/m1/s1. The van der Waals surface area contributed by atoms with Crippen LogP contribution in [-0.4, -0.2) is 18.5 Å². The first-order valence-corrected chi connectivity index (χ1v) is 13.0. The average Bonchev–Trinajstić information content (AvgIpc) is 3.56. The number of anilines is 1. The van der Waals surface area contributed by atoms with Crippen LogP contribution in [0.4, 0.5) is 5.69 Å². The number of nitrogens with one attached hydrogen (secondary N) is 2. The fourth-order valence-corrected chi connectivity index (χ4v) is 6.18. The third-order valence-corrected chi connectivity index (χ3v) is 8.14. The van der Waals surface area contributed by atoms with Crippen molar-refractivity contribution >= 4 is 40.3 Å². The molecule has 2 aromatic carbocycles. The zero-order chi connectivity index (χ0) is 24.8. The monoisotopic (exact) mass is 518 g/mol. The zero-order valence-corrected chi connectivity index (χ0v) is 21.0. The van der Waals surface area contributed by atoms with Crippen LogP contribution < -0.4 is 20.1 Å². The van der Waals surface area contributed by atoms with Crippen molar-refractivity contribution in [2.75, 3.05) is 12.1 Å². The molecule has 0 fully saturated rings. The number of hydrogen-bond acceptors (Lipinski definition) is 6. The van der Waals surface area contributed by atoms with Gasteiger partial charge in [0.15, 0.2) is 17.3 Å². The van der Waals surface area contributed by atoms with Crippen LogP contribution in [0.5, 0.6) is 11.5 Å². The number of benzene rings is 2. The number of ether oxygens (including phenoxy) is 2. The van der Waals surface area contributed by atoms with Crippen LogP contribution in [0.25, 0.3) is 0 Å². The molecule has 0 saturated carbocycles. The molecule has 0 radical (unpaired) electrons. The Hall–Kier alpha value is -3.55. The van der Waals surface area contributed by atoms with Crippen molar-refractivity contribution in [2.45, 2.75) is 31.6 Å². The molecule has 8 heteroatoms. The highest BCUT2D eigenvalue weighted by molar-refractivity contribution is 7.10. The number of allylic oxidation sites excluding steroid dienone is 3. The fourth-order valence-electron chi connectivity index (χ4n) is 5.22. The van der Waals surface area contributed by atoms with E-state index in [1.54, 1.807) is 35.6 Å². The smallest absolute Gasteiger partial charge is 0.254 e. The topological polar surface area (TPSA) is 76.7 Å². The summed E-state index contributed by atoms with van der Waals surface area (Å²) >= 11 is 7.69. The molecule has 6 nitrogen and oxygen atoms in total. The molecular weight excluding hydrogens is 496 g/mol. The second-order valence-electron chi connectivity index (χ2n) is 9.11. The Kier molecular flexibility index (Phi) is 5.82. The third-order valence-electron chi connectivity index (χ3n) is 6.85. The summed E-state index contributed by atoms with van der Waals surface area (Å²) < 4.78 is 11.1. The highest BCUT2D eigenvalue weighted by atomic mass is 35.5. The van der Waals surface area contributed by atoms with Crippen molar-refractivity contribution in [3.63, 3.8) is 0 Å². The fraction of sp³-hybridized carbons (Fsp3) is 0.214. The van der Waals surface area contributed by atoms with E-state index in [0.717, 1.165) is 17.0 Å². The molecule has 1 amide bonds. The second kappa shape index (κ2) is 9.15. The van der Waals surface area contributed by atoms with Crippen LogP contribution in [0.15, 0.2) is 82.5 Å². The van der Waals surface area contributed by atoms with Crippen LogP contribution in [0.1, 0.15) is 42.0 Å². The first-order valence-electron chi connectivity index (χ1n) is 11.7. The molecule has 2 aliphatic heterocycles. The lowest BCUT2D eigenvalue weighted by Crippen LogP contribution is -2.37. The van der Waals surface area contributed by atoms with Gasteiger partial charge in [-0.2, -0.15) is 0 Å². The minimum atomic E-state index is -0.528. The summed E-state index contributed by atoms with van der Waals surface area (Å²) in [7, 11) is 0. The van der Waals surface area contributed by atoms with Gasteiger partial charge in [0, 0.05) is 56.4 Å². The summed E-state index contributed by atoms with van der Waals surface area (Å²) in [4.78, 5) is 28.6. The molecule has 182 valence electrons. The maximum atomic E-state index is 13.7. The van der Waals surface area contributed by atoms with Gasteiger partial charge in [-0.15, -0.1) is 11.3 Å². The Morgan fingerprint density at radius 3 is 2.67 bits per heavy atom. The normalized spacial score (nSPS) is 20.8. The molecule has 0 saturated heterocycles. The quantitative estimate of drug-likeness (QED) is 0.434. The van der Waals surface area contributed by atoms with E-state index in [1.165, 1.54) is 4.88 Å². The average molecular weight is 519 g/mol. The number of ketones is 1. The molecule has 1 aliphatic carbocycles. The number of halogens is 1. The van der Waals surface area contributed by atoms with Crippen LogP contribution in [0.2, 0.25) is 5.02 Å². The van der Waals surface area contributed by atoms with E-state index in [1.807, 2.05) is 36.6 Å². The molecule has 1 aromatic heterocycles. The van der Waals surface area contributed by atoms with E-state index in [9.17, 15) is 9.59 Å².